The third kappa shape index (κ3) is 5.70. The lowest BCUT2D eigenvalue weighted by molar-refractivity contribution is 0.670. The first-order valence-electron chi connectivity index (χ1n) is 20.1. The van der Waals surface area contributed by atoms with Crippen molar-refractivity contribution < 1.29 is 4.42 Å². The number of nitrogens with zero attached hydrogens (tertiary/aromatic N) is 3. The van der Waals surface area contributed by atoms with Crippen LogP contribution in [0.3, 0.4) is 0 Å². The minimum absolute atomic E-state index is 0.709. The van der Waals surface area contributed by atoms with Gasteiger partial charge in [0.1, 0.15) is 11.2 Å². The minimum atomic E-state index is 0.709. The van der Waals surface area contributed by atoms with Crippen molar-refractivity contribution in [1.29, 1.82) is 0 Å². The third-order valence-corrected chi connectivity index (χ3v) is 12.7. The van der Waals surface area contributed by atoms with Crippen LogP contribution in [0, 0.1) is 0 Å². The standard InChI is InChI=1S/C55H33N3OS/c1-3-13-36(14-4-1)46-33-47(57-55(56-46)39-15-5-2-6-16-39)37-29-25-34(26-30-37)35-27-31-38(32-28-35)51-54-50(44-18-8-10-24-49(44)60-54)45-22-11-19-41(52(45)58-51)43-21-12-20-42-40-17-7-9-23-48(40)59-53(42)43/h1-33H. The number of hydrogen-bond acceptors (Lipinski definition) is 5. The summed E-state index contributed by atoms with van der Waals surface area (Å²) >= 11 is 1.81. The zero-order chi connectivity index (χ0) is 39.6. The molecule has 0 unspecified atom stereocenters. The van der Waals surface area contributed by atoms with Crippen LogP contribution in [0.25, 0.3) is 120 Å². The summed E-state index contributed by atoms with van der Waals surface area (Å²) in [5, 5.41) is 5.86. The molecule has 0 aliphatic carbocycles. The van der Waals surface area contributed by atoms with E-state index in [-0.39, 0.29) is 0 Å². The molecule has 0 N–H and O–H groups in total. The Morgan fingerprint density at radius 3 is 1.67 bits per heavy atom. The van der Waals surface area contributed by atoms with Crippen LogP contribution in [-0.4, -0.2) is 15.0 Å². The lowest BCUT2D eigenvalue weighted by Crippen LogP contribution is -1.95. The van der Waals surface area contributed by atoms with Crippen LogP contribution in [0.2, 0.25) is 0 Å². The van der Waals surface area contributed by atoms with E-state index in [4.69, 9.17) is 19.4 Å². The summed E-state index contributed by atoms with van der Waals surface area (Å²) in [6.45, 7) is 0. The van der Waals surface area contributed by atoms with Gasteiger partial charge in [0.05, 0.1) is 27.3 Å². The Morgan fingerprint density at radius 2 is 0.933 bits per heavy atom. The van der Waals surface area contributed by atoms with E-state index in [2.05, 4.69) is 152 Å². The van der Waals surface area contributed by atoms with Gasteiger partial charge in [0.2, 0.25) is 0 Å². The predicted molar refractivity (Wildman–Crippen MR) is 250 cm³/mol. The number of hydrogen-bond donors (Lipinski definition) is 0. The highest BCUT2D eigenvalue weighted by Gasteiger charge is 2.20. The first kappa shape index (κ1) is 34.3. The van der Waals surface area contributed by atoms with Crippen LogP contribution in [0.15, 0.2) is 205 Å². The van der Waals surface area contributed by atoms with Crippen LogP contribution in [-0.2, 0) is 0 Å². The van der Waals surface area contributed by atoms with Crippen molar-refractivity contribution in [3.8, 4) is 67.4 Å². The number of furan rings is 1. The molecule has 0 amide bonds. The lowest BCUT2D eigenvalue weighted by atomic mass is 9.96. The molecule has 0 fully saturated rings. The van der Waals surface area contributed by atoms with Crippen molar-refractivity contribution in [3.63, 3.8) is 0 Å². The maximum absolute atomic E-state index is 6.55. The summed E-state index contributed by atoms with van der Waals surface area (Å²) in [4.78, 5) is 15.6. The highest BCUT2D eigenvalue weighted by atomic mass is 32.1. The van der Waals surface area contributed by atoms with Crippen LogP contribution in [0.4, 0.5) is 0 Å². The second kappa shape index (κ2) is 14.0. The van der Waals surface area contributed by atoms with Gasteiger partial charge < -0.3 is 4.42 Å². The van der Waals surface area contributed by atoms with Gasteiger partial charge in [0.25, 0.3) is 0 Å². The van der Waals surface area contributed by atoms with Gasteiger partial charge in [-0.25, -0.2) is 15.0 Å². The van der Waals surface area contributed by atoms with E-state index >= 15 is 0 Å². The Bertz CT molecular complexity index is 3520. The summed E-state index contributed by atoms with van der Waals surface area (Å²) in [7, 11) is 0. The molecule has 12 rings (SSSR count). The summed E-state index contributed by atoms with van der Waals surface area (Å²) < 4.78 is 8.99. The summed E-state index contributed by atoms with van der Waals surface area (Å²) in [6.07, 6.45) is 0. The molecular weight excluding hydrogens is 751 g/mol. The average molecular weight is 784 g/mol. The van der Waals surface area contributed by atoms with E-state index in [0.29, 0.717) is 5.82 Å². The molecule has 4 aromatic heterocycles. The summed E-state index contributed by atoms with van der Waals surface area (Å²) in [5.74, 6) is 0.709. The highest BCUT2D eigenvalue weighted by Crippen LogP contribution is 2.46. The van der Waals surface area contributed by atoms with E-state index in [1.165, 1.54) is 20.2 Å². The number of para-hydroxylation sites is 3. The number of pyridine rings is 1. The number of thiophene rings is 1. The smallest absolute Gasteiger partial charge is 0.160 e. The quantitative estimate of drug-likeness (QED) is 0.169. The fourth-order valence-corrected chi connectivity index (χ4v) is 9.83. The molecule has 0 radical (unpaired) electrons. The Labute approximate surface area is 349 Å². The minimum Gasteiger partial charge on any atom is -0.455 e. The monoisotopic (exact) mass is 783 g/mol. The molecule has 0 aliphatic rings. The first-order valence-corrected chi connectivity index (χ1v) is 20.9. The van der Waals surface area contributed by atoms with Crippen LogP contribution in [0.5, 0.6) is 0 Å². The van der Waals surface area contributed by atoms with Gasteiger partial charge in [-0.3, -0.25) is 0 Å². The average Bonchev–Trinajstić information content (AvgIpc) is 3.91. The topological polar surface area (TPSA) is 51.8 Å². The van der Waals surface area contributed by atoms with Crippen LogP contribution in [0.1, 0.15) is 0 Å². The second-order valence-corrected chi connectivity index (χ2v) is 16.1. The largest absolute Gasteiger partial charge is 0.455 e. The van der Waals surface area contributed by atoms with Crippen molar-refractivity contribution in [2.24, 2.45) is 0 Å². The molecule has 0 atom stereocenters. The molecule has 4 nitrogen and oxygen atoms in total. The van der Waals surface area contributed by atoms with E-state index in [9.17, 15) is 0 Å². The first-order chi connectivity index (χ1) is 29.7. The Hall–Kier alpha value is -7.73. The van der Waals surface area contributed by atoms with Crippen molar-refractivity contribution in [2.75, 3.05) is 0 Å². The van der Waals surface area contributed by atoms with Crippen LogP contribution >= 0.6 is 11.3 Å². The molecule has 0 aliphatic heterocycles. The SMILES string of the molecule is c1ccc(-c2cc(-c3ccc(-c4ccc(-c5nc6c(-c7cccc8c7oc7ccccc78)cccc6c6c5sc5ccccc56)cc4)cc3)nc(-c3ccccc3)n2)cc1. The zero-order valence-electron chi connectivity index (χ0n) is 32.2. The number of benzene rings is 8. The molecular formula is C55H33N3OS. The summed E-state index contributed by atoms with van der Waals surface area (Å²) in [5.41, 5.74) is 14.0. The maximum Gasteiger partial charge on any atom is 0.160 e. The maximum atomic E-state index is 6.55. The molecule has 12 aromatic rings. The second-order valence-electron chi connectivity index (χ2n) is 15.1. The third-order valence-electron chi connectivity index (χ3n) is 11.5. The Morgan fingerprint density at radius 1 is 0.383 bits per heavy atom. The normalized spacial score (nSPS) is 11.7. The van der Waals surface area contributed by atoms with Crippen LogP contribution < -0.4 is 0 Å². The molecule has 0 spiro atoms. The number of aromatic nitrogens is 3. The van der Waals surface area contributed by atoms with Gasteiger partial charge >= 0.3 is 0 Å². The van der Waals surface area contributed by atoms with Crippen molar-refractivity contribution in [3.05, 3.63) is 200 Å². The Kier molecular flexibility index (Phi) is 8.00. The summed E-state index contributed by atoms with van der Waals surface area (Å²) in [6, 6.07) is 70.0. The Balaban J connectivity index is 0.955. The van der Waals surface area contributed by atoms with Gasteiger partial charge in [0, 0.05) is 65.0 Å². The highest BCUT2D eigenvalue weighted by molar-refractivity contribution is 7.26. The van der Waals surface area contributed by atoms with E-state index < -0.39 is 0 Å². The van der Waals surface area contributed by atoms with Gasteiger partial charge in [-0.15, -0.1) is 11.3 Å². The fourth-order valence-electron chi connectivity index (χ4n) is 8.60. The molecule has 60 heavy (non-hydrogen) atoms. The molecule has 0 bridgehead atoms. The molecule has 280 valence electrons. The number of rotatable bonds is 6. The van der Waals surface area contributed by atoms with Crippen molar-refractivity contribution >= 4 is 64.4 Å². The van der Waals surface area contributed by atoms with Gasteiger partial charge in [-0.2, -0.15) is 0 Å². The number of fused-ring (bicyclic) bond motifs is 8. The van der Waals surface area contributed by atoms with Crippen molar-refractivity contribution in [1.82, 2.24) is 15.0 Å². The lowest BCUT2D eigenvalue weighted by Gasteiger charge is -2.12. The molecule has 4 heterocycles. The predicted octanol–water partition coefficient (Wildman–Crippen LogP) is 15.3. The van der Waals surface area contributed by atoms with Gasteiger partial charge in [0.15, 0.2) is 5.82 Å². The molecule has 8 aromatic carbocycles. The van der Waals surface area contributed by atoms with Crippen molar-refractivity contribution in [2.45, 2.75) is 0 Å². The molecule has 0 saturated carbocycles. The zero-order valence-corrected chi connectivity index (χ0v) is 33.0. The molecule has 0 saturated heterocycles. The van der Waals surface area contributed by atoms with Gasteiger partial charge in [-0.05, 0) is 29.3 Å². The molecule has 5 heteroatoms. The van der Waals surface area contributed by atoms with Gasteiger partial charge in [-0.1, -0.05) is 182 Å². The fraction of sp³-hybridized carbons (Fsp3) is 0. The van der Waals surface area contributed by atoms with E-state index in [1.54, 1.807) is 0 Å². The van der Waals surface area contributed by atoms with E-state index in [1.807, 2.05) is 59.9 Å². The van der Waals surface area contributed by atoms with E-state index in [0.717, 1.165) is 94.4 Å².